The Morgan fingerprint density at radius 1 is 1.11 bits per heavy atom. The van der Waals surface area contributed by atoms with E-state index in [0.717, 1.165) is 38.7 Å². The third kappa shape index (κ3) is 5.59. The summed E-state index contributed by atoms with van der Waals surface area (Å²) >= 11 is 12.9. The molecular formula is C25H28Cl2N8O2. The van der Waals surface area contributed by atoms with Crippen LogP contribution in [0.4, 0.5) is 17.6 Å². The van der Waals surface area contributed by atoms with Gasteiger partial charge in [-0.05, 0) is 57.1 Å². The summed E-state index contributed by atoms with van der Waals surface area (Å²) in [5, 5.41) is 16.6. The summed E-state index contributed by atoms with van der Waals surface area (Å²) in [6, 6.07) is 5.43. The van der Waals surface area contributed by atoms with E-state index in [1.807, 2.05) is 4.57 Å². The van der Waals surface area contributed by atoms with Gasteiger partial charge in [-0.2, -0.15) is 10.2 Å². The number of nitrogens with one attached hydrogen (secondary N) is 2. The van der Waals surface area contributed by atoms with Gasteiger partial charge in [-0.3, -0.25) is 9.36 Å². The number of nitrogens with zero attached hydrogens (tertiary/aromatic N) is 5. The number of nitriles is 1. The van der Waals surface area contributed by atoms with E-state index in [0.29, 0.717) is 63.8 Å². The lowest BCUT2D eigenvalue weighted by Gasteiger charge is -2.29. The van der Waals surface area contributed by atoms with Gasteiger partial charge in [0.2, 0.25) is 17.8 Å². The maximum atomic E-state index is 11.8. The minimum atomic E-state index is -0.260. The first kappa shape index (κ1) is 25.5. The third-order valence-electron chi connectivity index (χ3n) is 7.09. The molecule has 1 amide bonds. The van der Waals surface area contributed by atoms with Crippen LogP contribution in [0.2, 0.25) is 10.0 Å². The van der Waals surface area contributed by atoms with Gasteiger partial charge >= 0.3 is 0 Å². The van der Waals surface area contributed by atoms with Crippen molar-refractivity contribution in [3.63, 3.8) is 0 Å². The molecule has 3 aromatic rings. The number of primary amides is 1. The number of imidazole rings is 1. The highest BCUT2D eigenvalue weighted by Crippen LogP contribution is 2.39. The molecule has 5 rings (SSSR count). The predicted octanol–water partition coefficient (Wildman–Crippen LogP) is 4.95. The van der Waals surface area contributed by atoms with Crippen LogP contribution in [0.1, 0.15) is 56.6 Å². The highest BCUT2D eigenvalue weighted by Gasteiger charge is 2.29. The lowest BCUT2D eigenvalue weighted by Crippen LogP contribution is -2.29. The Morgan fingerprint density at radius 3 is 2.57 bits per heavy atom. The average Bonchev–Trinajstić information content (AvgIpc) is 3.04. The van der Waals surface area contributed by atoms with Crippen molar-refractivity contribution < 1.29 is 9.53 Å². The Morgan fingerprint density at radius 2 is 1.86 bits per heavy atom. The van der Waals surface area contributed by atoms with Gasteiger partial charge in [-0.1, -0.05) is 23.2 Å². The number of carbonyl (C=O) groups excluding carboxylic acids is 1. The SMILES string of the molecule is N#Cc1cc(Cl)c(Nc2nc3cnc(NC4CCCOCC4)nc3n2[C@H]2CC[C@@H](C(N)=O)CC2)c(Cl)c1. The van der Waals surface area contributed by atoms with Crippen LogP contribution in [-0.2, 0) is 9.53 Å². The van der Waals surface area contributed by atoms with E-state index in [1.165, 1.54) is 0 Å². The molecule has 37 heavy (non-hydrogen) atoms. The number of ether oxygens (including phenoxy) is 1. The summed E-state index contributed by atoms with van der Waals surface area (Å²) in [7, 11) is 0. The first-order chi connectivity index (χ1) is 17.9. The van der Waals surface area contributed by atoms with Crippen molar-refractivity contribution in [1.29, 1.82) is 5.26 Å². The molecule has 3 heterocycles. The number of aromatic nitrogens is 4. The molecule has 10 nitrogen and oxygen atoms in total. The molecule has 1 unspecified atom stereocenters. The van der Waals surface area contributed by atoms with Gasteiger partial charge < -0.3 is 21.1 Å². The lowest BCUT2D eigenvalue weighted by atomic mass is 9.85. The van der Waals surface area contributed by atoms with E-state index in [-0.39, 0.29) is 23.9 Å². The molecule has 1 saturated heterocycles. The maximum Gasteiger partial charge on any atom is 0.224 e. The summed E-state index contributed by atoms with van der Waals surface area (Å²) in [5.41, 5.74) is 7.68. The largest absolute Gasteiger partial charge is 0.381 e. The smallest absolute Gasteiger partial charge is 0.224 e. The monoisotopic (exact) mass is 542 g/mol. The number of benzene rings is 1. The molecular weight excluding hydrogens is 515 g/mol. The van der Waals surface area contributed by atoms with E-state index < -0.39 is 0 Å². The minimum Gasteiger partial charge on any atom is -0.381 e. The Bertz CT molecular complexity index is 1320. The molecule has 1 aromatic carbocycles. The number of anilines is 3. The molecule has 0 bridgehead atoms. The van der Waals surface area contributed by atoms with Gasteiger partial charge in [-0.15, -0.1) is 0 Å². The number of carbonyl (C=O) groups is 1. The van der Waals surface area contributed by atoms with Crippen LogP contribution in [0.5, 0.6) is 0 Å². The first-order valence-electron chi connectivity index (χ1n) is 12.5. The molecule has 0 spiro atoms. The Kier molecular flexibility index (Phi) is 7.65. The van der Waals surface area contributed by atoms with E-state index in [2.05, 4.69) is 21.7 Å². The molecule has 1 aliphatic heterocycles. The third-order valence-corrected chi connectivity index (χ3v) is 7.69. The summed E-state index contributed by atoms with van der Waals surface area (Å²) in [5.74, 6) is 0.659. The van der Waals surface area contributed by atoms with E-state index in [4.69, 9.17) is 43.6 Å². The van der Waals surface area contributed by atoms with E-state index in [1.54, 1.807) is 18.3 Å². The number of halogens is 2. The van der Waals surface area contributed by atoms with Crippen LogP contribution >= 0.6 is 23.2 Å². The Balaban J connectivity index is 1.52. The van der Waals surface area contributed by atoms with Crippen LogP contribution in [0.25, 0.3) is 11.2 Å². The second-order valence-electron chi connectivity index (χ2n) is 9.55. The fourth-order valence-corrected chi connectivity index (χ4v) is 5.69. The number of hydrogen-bond acceptors (Lipinski definition) is 8. The topological polar surface area (TPSA) is 144 Å². The number of amides is 1. The van der Waals surface area contributed by atoms with Crippen molar-refractivity contribution in [3.05, 3.63) is 33.9 Å². The predicted molar refractivity (Wildman–Crippen MR) is 142 cm³/mol. The van der Waals surface area contributed by atoms with E-state index in [9.17, 15) is 10.1 Å². The number of nitrogens with two attached hydrogens (primary N) is 1. The summed E-state index contributed by atoms with van der Waals surface area (Å²) in [6.45, 7) is 1.48. The maximum absolute atomic E-state index is 11.8. The van der Waals surface area contributed by atoms with Crippen molar-refractivity contribution in [3.8, 4) is 6.07 Å². The van der Waals surface area contributed by atoms with Crippen molar-refractivity contribution in [2.45, 2.75) is 57.0 Å². The highest BCUT2D eigenvalue weighted by atomic mass is 35.5. The summed E-state index contributed by atoms with van der Waals surface area (Å²) in [4.78, 5) is 25.9. The molecule has 1 saturated carbocycles. The molecule has 12 heteroatoms. The van der Waals surface area contributed by atoms with Gasteiger partial charge in [-0.25, -0.2) is 9.97 Å². The first-order valence-corrected chi connectivity index (χ1v) is 13.2. The molecule has 1 aliphatic carbocycles. The van der Waals surface area contributed by atoms with Crippen molar-refractivity contribution in [1.82, 2.24) is 19.5 Å². The second kappa shape index (κ2) is 11.1. The fraction of sp³-hybridized carbons (Fsp3) is 0.480. The highest BCUT2D eigenvalue weighted by molar-refractivity contribution is 6.39. The Hall–Kier alpha value is -3.13. The molecule has 0 radical (unpaired) electrons. The van der Waals surface area contributed by atoms with Crippen LogP contribution in [-0.4, -0.2) is 44.7 Å². The zero-order valence-corrected chi connectivity index (χ0v) is 21.7. The molecule has 2 fully saturated rings. The van der Waals surface area contributed by atoms with Crippen molar-refractivity contribution in [2.24, 2.45) is 11.7 Å². The quantitative estimate of drug-likeness (QED) is 0.396. The minimum absolute atomic E-state index is 0.0352. The van der Waals surface area contributed by atoms with Gasteiger partial charge in [0, 0.05) is 31.2 Å². The molecule has 2 aliphatic rings. The number of fused-ring (bicyclic) bond motifs is 1. The standard InChI is InChI=1S/C25H28Cl2N8O2/c26-18-10-14(12-28)11-19(27)21(18)33-25-32-20-13-30-24(31-16-2-1-8-37-9-7-16)34-23(20)35(25)17-5-3-15(4-6-17)22(29)36/h10-11,13,15-17H,1-9H2,(H2,29,36)(H,32,33)(H,30,31,34)/t15-,16?,17+. The van der Waals surface area contributed by atoms with Crippen molar-refractivity contribution in [2.75, 3.05) is 23.8 Å². The summed E-state index contributed by atoms with van der Waals surface area (Å²) in [6.07, 6.45) is 7.44. The number of rotatable bonds is 6. The fourth-order valence-electron chi connectivity index (χ4n) is 5.11. The van der Waals surface area contributed by atoms with Crippen LogP contribution < -0.4 is 16.4 Å². The van der Waals surface area contributed by atoms with Crippen LogP contribution in [0.15, 0.2) is 18.3 Å². The molecule has 1 atom stereocenters. The molecule has 194 valence electrons. The van der Waals surface area contributed by atoms with Gasteiger partial charge in [0.15, 0.2) is 5.65 Å². The van der Waals surface area contributed by atoms with Gasteiger partial charge in [0.25, 0.3) is 0 Å². The zero-order valence-electron chi connectivity index (χ0n) is 20.2. The molecule has 4 N–H and O–H groups in total. The van der Waals surface area contributed by atoms with Crippen molar-refractivity contribution >= 4 is 57.9 Å². The lowest BCUT2D eigenvalue weighted by molar-refractivity contribution is -0.122. The van der Waals surface area contributed by atoms with E-state index >= 15 is 0 Å². The number of hydrogen-bond donors (Lipinski definition) is 3. The van der Waals surface area contributed by atoms with Crippen LogP contribution in [0.3, 0.4) is 0 Å². The van der Waals surface area contributed by atoms with Gasteiger partial charge in [0.05, 0.1) is 33.6 Å². The average molecular weight is 543 g/mol. The van der Waals surface area contributed by atoms with Gasteiger partial charge in [0.1, 0.15) is 5.52 Å². The Labute approximate surface area is 224 Å². The summed E-state index contributed by atoms with van der Waals surface area (Å²) < 4.78 is 7.62. The normalized spacial score (nSPS) is 22.2. The zero-order chi connectivity index (χ0) is 25.9. The van der Waals surface area contributed by atoms with Crippen LogP contribution in [0, 0.1) is 17.2 Å². The molecule has 2 aromatic heterocycles. The second-order valence-corrected chi connectivity index (χ2v) is 10.4.